The Hall–Kier alpha value is -1.93. The maximum absolute atomic E-state index is 12.7. The number of nitrogens with two attached hydrogens (primary N) is 1. The predicted octanol–water partition coefficient (Wildman–Crippen LogP) is 1.39. The molecule has 0 spiro atoms. The highest BCUT2D eigenvalue weighted by Crippen LogP contribution is 2.31. The zero-order valence-electron chi connectivity index (χ0n) is 10.0. The lowest BCUT2D eigenvalue weighted by Crippen LogP contribution is -2.30. The second-order valence-corrected chi connectivity index (χ2v) is 4.01. The van der Waals surface area contributed by atoms with E-state index in [9.17, 15) is 13.2 Å². The van der Waals surface area contributed by atoms with E-state index in [4.69, 9.17) is 5.84 Å². The lowest BCUT2D eigenvalue weighted by Gasteiger charge is -2.17. The van der Waals surface area contributed by atoms with Crippen LogP contribution in [-0.2, 0) is 13.2 Å². The van der Waals surface area contributed by atoms with E-state index in [2.05, 4.69) is 15.7 Å². The number of halogens is 3. The molecule has 0 aliphatic heterocycles. The van der Waals surface area contributed by atoms with Gasteiger partial charge in [0.05, 0.1) is 23.5 Å². The summed E-state index contributed by atoms with van der Waals surface area (Å²) in [4.78, 5) is 0. The number of aromatic nitrogens is 3. The van der Waals surface area contributed by atoms with Crippen molar-refractivity contribution in [2.75, 3.05) is 0 Å². The van der Waals surface area contributed by atoms with Crippen molar-refractivity contribution in [1.82, 2.24) is 20.4 Å². The van der Waals surface area contributed by atoms with Crippen LogP contribution < -0.4 is 11.3 Å². The van der Waals surface area contributed by atoms with Crippen LogP contribution in [-0.4, -0.2) is 15.0 Å². The summed E-state index contributed by atoms with van der Waals surface area (Å²) in [6, 6.07) is 4.36. The standard InChI is InChI=1S/C11H12F3N5/c1-19-9(6-16-18-19)10(17-15)7-3-2-4-8(5-7)11(12,13)14/h2-6,10,17H,15H2,1H3. The SMILES string of the molecule is Cn1nncc1C(NN)c1cccc(C(F)(F)F)c1. The number of hydrogen-bond acceptors (Lipinski definition) is 4. The van der Waals surface area contributed by atoms with E-state index >= 15 is 0 Å². The number of alkyl halides is 3. The van der Waals surface area contributed by atoms with Crippen LogP contribution in [0, 0.1) is 0 Å². The molecular formula is C11H12F3N5. The van der Waals surface area contributed by atoms with Gasteiger partial charge in [-0.3, -0.25) is 10.5 Å². The lowest BCUT2D eigenvalue weighted by atomic mass is 10.0. The first kappa shape index (κ1) is 13.5. The summed E-state index contributed by atoms with van der Waals surface area (Å²) in [6.07, 6.45) is -2.94. The Morgan fingerprint density at radius 2 is 2.11 bits per heavy atom. The topological polar surface area (TPSA) is 68.8 Å². The highest BCUT2D eigenvalue weighted by Gasteiger charge is 2.31. The van der Waals surface area contributed by atoms with Gasteiger partial charge in [0.15, 0.2) is 0 Å². The third kappa shape index (κ3) is 2.74. The van der Waals surface area contributed by atoms with Gasteiger partial charge < -0.3 is 0 Å². The Balaban J connectivity index is 2.42. The smallest absolute Gasteiger partial charge is 0.271 e. The molecule has 2 aromatic rings. The van der Waals surface area contributed by atoms with Gasteiger partial charge in [-0.15, -0.1) is 5.10 Å². The summed E-state index contributed by atoms with van der Waals surface area (Å²) < 4.78 is 39.5. The number of benzene rings is 1. The molecule has 0 radical (unpaired) electrons. The highest BCUT2D eigenvalue weighted by molar-refractivity contribution is 5.32. The number of nitrogens with one attached hydrogen (secondary N) is 1. The molecule has 1 aromatic heterocycles. The number of aryl methyl sites for hydroxylation is 1. The molecule has 5 nitrogen and oxygen atoms in total. The van der Waals surface area contributed by atoms with Gasteiger partial charge in [0.25, 0.3) is 0 Å². The van der Waals surface area contributed by atoms with Crippen LogP contribution in [0.5, 0.6) is 0 Å². The van der Waals surface area contributed by atoms with Crippen molar-refractivity contribution < 1.29 is 13.2 Å². The molecule has 0 aliphatic carbocycles. The Bertz CT molecular complexity index is 563. The van der Waals surface area contributed by atoms with E-state index in [-0.39, 0.29) is 0 Å². The second kappa shape index (κ2) is 4.98. The van der Waals surface area contributed by atoms with Gasteiger partial charge in [0.2, 0.25) is 0 Å². The molecule has 1 atom stereocenters. The van der Waals surface area contributed by atoms with E-state index in [1.807, 2.05) is 0 Å². The molecule has 3 N–H and O–H groups in total. The van der Waals surface area contributed by atoms with Crippen molar-refractivity contribution in [3.05, 3.63) is 47.3 Å². The third-order valence-corrected chi connectivity index (χ3v) is 2.76. The van der Waals surface area contributed by atoms with Crippen LogP contribution in [0.1, 0.15) is 22.9 Å². The number of rotatable bonds is 3. The first-order chi connectivity index (χ1) is 8.93. The van der Waals surface area contributed by atoms with Crippen LogP contribution in [0.4, 0.5) is 13.2 Å². The summed E-state index contributed by atoms with van der Waals surface area (Å²) in [7, 11) is 1.64. The van der Waals surface area contributed by atoms with Gasteiger partial charge in [-0.2, -0.15) is 13.2 Å². The molecule has 2 rings (SSSR count). The van der Waals surface area contributed by atoms with Crippen LogP contribution in [0.15, 0.2) is 30.5 Å². The quantitative estimate of drug-likeness (QED) is 0.654. The van der Waals surface area contributed by atoms with Gasteiger partial charge >= 0.3 is 6.18 Å². The number of hydrogen-bond donors (Lipinski definition) is 2. The van der Waals surface area contributed by atoms with Gasteiger partial charge in [-0.1, -0.05) is 17.3 Å². The molecule has 0 saturated heterocycles. The third-order valence-electron chi connectivity index (χ3n) is 2.76. The normalized spacial score (nSPS) is 13.5. The van der Waals surface area contributed by atoms with Gasteiger partial charge in [-0.05, 0) is 17.7 Å². The van der Waals surface area contributed by atoms with Crippen molar-refractivity contribution in [2.24, 2.45) is 12.9 Å². The molecule has 1 aromatic carbocycles. The van der Waals surface area contributed by atoms with Gasteiger partial charge in [0.1, 0.15) is 0 Å². The van der Waals surface area contributed by atoms with Crippen molar-refractivity contribution in [3.63, 3.8) is 0 Å². The van der Waals surface area contributed by atoms with Crippen LogP contribution >= 0.6 is 0 Å². The van der Waals surface area contributed by atoms with E-state index in [0.29, 0.717) is 11.3 Å². The average Bonchev–Trinajstić information content (AvgIpc) is 2.76. The van der Waals surface area contributed by atoms with Crippen molar-refractivity contribution in [1.29, 1.82) is 0 Å². The average molecular weight is 271 g/mol. The Kier molecular flexibility index (Phi) is 3.54. The summed E-state index contributed by atoms with van der Waals surface area (Å²) in [5, 5.41) is 7.41. The maximum atomic E-state index is 12.7. The second-order valence-electron chi connectivity index (χ2n) is 4.01. The summed E-state index contributed by atoms with van der Waals surface area (Å²) in [5.41, 5.74) is 2.71. The van der Waals surface area contributed by atoms with Gasteiger partial charge in [0, 0.05) is 7.05 Å². The van der Waals surface area contributed by atoms with Crippen molar-refractivity contribution in [3.8, 4) is 0 Å². The monoisotopic (exact) mass is 271 g/mol. The minimum Gasteiger partial charge on any atom is -0.271 e. The van der Waals surface area contributed by atoms with Crippen molar-refractivity contribution in [2.45, 2.75) is 12.2 Å². The molecule has 0 aliphatic rings. The number of hydrazine groups is 1. The zero-order chi connectivity index (χ0) is 14.0. The Morgan fingerprint density at radius 1 is 1.37 bits per heavy atom. The predicted molar refractivity (Wildman–Crippen MR) is 61.6 cm³/mol. The van der Waals surface area contributed by atoms with E-state index in [1.165, 1.54) is 16.9 Å². The Morgan fingerprint density at radius 3 is 2.63 bits per heavy atom. The molecule has 0 saturated carbocycles. The molecule has 8 heteroatoms. The molecule has 1 heterocycles. The number of nitrogens with zero attached hydrogens (tertiary/aromatic N) is 3. The minimum atomic E-state index is -4.39. The van der Waals surface area contributed by atoms with Crippen LogP contribution in [0.2, 0.25) is 0 Å². The molecular weight excluding hydrogens is 259 g/mol. The molecule has 0 amide bonds. The van der Waals surface area contributed by atoms with Gasteiger partial charge in [-0.25, -0.2) is 5.43 Å². The summed E-state index contributed by atoms with van der Waals surface area (Å²) in [6.45, 7) is 0. The fourth-order valence-corrected chi connectivity index (χ4v) is 1.81. The fraction of sp³-hybridized carbons (Fsp3) is 0.273. The Labute approximate surface area is 107 Å². The molecule has 19 heavy (non-hydrogen) atoms. The maximum Gasteiger partial charge on any atom is 0.416 e. The minimum absolute atomic E-state index is 0.391. The van der Waals surface area contributed by atoms with Crippen LogP contribution in [0.25, 0.3) is 0 Å². The molecule has 102 valence electrons. The molecule has 0 fully saturated rings. The molecule has 1 unspecified atom stereocenters. The first-order valence-electron chi connectivity index (χ1n) is 5.41. The summed E-state index contributed by atoms with van der Waals surface area (Å²) >= 11 is 0. The van der Waals surface area contributed by atoms with E-state index in [0.717, 1.165) is 12.1 Å². The highest BCUT2D eigenvalue weighted by atomic mass is 19.4. The largest absolute Gasteiger partial charge is 0.416 e. The fourth-order valence-electron chi connectivity index (χ4n) is 1.81. The van der Waals surface area contributed by atoms with E-state index < -0.39 is 17.8 Å². The lowest BCUT2D eigenvalue weighted by molar-refractivity contribution is -0.137. The molecule has 0 bridgehead atoms. The first-order valence-corrected chi connectivity index (χ1v) is 5.41. The zero-order valence-corrected chi connectivity index (χ0v) is 10.0. The van der Waals surface area contributed by atoms with E-state index in [1.54, 1.807) is 13.1 Å². The summed E-state index contributed by atoms with van der Waals surface area (Å²) in [5.74, 6) is 5.42. The van der Waals surface area contributed by atoms with Crippen LogP contribution in [0.3, 0.4) is 0 Å². The van der Waals surface area contributed by atoms with Crippen molar-refractivity contribution >= 4 is 0 Å².